The number of esters is 1. The molecule has 0 aromatic heterocycles. The van der Waals surface area contributed by atoms with Crippen LogP contribution in [0.2, 0.25) is 0 Å². The predicted molar refractivity (Wildman–Crippen MR) is 190 cm³/mol. The molecule has 3 fully saturated rings. The van der Waals surface area contributed by atoms with E-state index < -0.39 is 46.4 Å². The summed E-state index contributed by atoms with van der Waals surface area (Å²) >= 11 is 1.11. The Balaban J connectivity index is 1.13. The third-order valence-electron chi connectivity index (χ3n) is 8.96. The Hall–Kier alpha value is -5.82. The van der Waals surface area contributed by atoms with Crippen LogP contribution in [0, 0.1) is 0 Å². The molecule has 1 N–H and O–H groups in total. The van der Waals surface area contributed by atoms with Crippen LogP contribution in [0.25, 0.3) is 0 Å². The van der Waals surface area contributed by atoms with Gasteiger partial charge in [-0.05, 0) is 34.4 Å². The van der Waals surface area contributed by atoms with E-state index in [2.05, 4.69) is 10.4 Å². The van der Waals surface area contributed by atoms with E-state index in [0.29, 0.717) is 5.75 Å². The van der Waals surface area contributed by atoms with E-state index in [-0.39, 0.29) is 26.2 Å². The molecule has 12 nitrogen and oxygen atoms in total. The van der Waals surface area contributed by atoms with Crippen LogP contribution < -0.4 is 10.1 Å². The second kappa shape index (κ2) is 14.6. The summed E-state index contributed by atoms with van der Waals surface area (Å²) in [6, 6.07) is 33.6. The third-order valence-corrected chi connectivity index (χ3v) is 10.6. The normalized spacial score (nSPS) is 21.1. The smallest absolute Gasteiger partial charge is 0.408 e. The van der Waals surface area contributed by atoms with E-state index >= 15 is 0 Å². The van der Waals surface area contributed by atoms with Crippen LogP contribution in [-0.2, 0) is 25.7 Å². The Morgan fingerprint density at radius 2 is 1.53 bits per heavy atom. The first-order valence-electron chi connectivity index (χ1n) is 16.4. The first-order valence-corrected chi connectivity index (χ1v) is 17.3. The molecular formula is C38H35N5O7S. The van der Waals surface area contributed by atoms with Gasteiger partial charge in [-0.1, -0.05) is 115 Å². The molecule has 13 heteroatoms. The molecule has 0 bridgehead atoms. The van der Waals surface area contributed by atoms with Gasteiger partial charge in [-0.2, -0.15) is 5.10 Å². The van der Waals surface area contributed by atoms with Crippen molar-refractivity contribution in [2.24, 2.45) is 5.10 Å². The summed E-state index contributed by atoms with van der Waals surface area (Å²) < 4.78 is 16.9. The van der Waals surface area contributed by atoms with Gasteiger partial charge in [0, 0.05) is 6.54 Å². The van der Waals surface area contributed by atoms with Gasteiger partial charge in [-0.15, -0.1) is 0 Å². The first kappa shape index (κ1) is 33.7. The second-order valence-corrected chi connectivity index (χ2v) is 13.5. The van der Waals surface area contributed by atoms with Crippen molar-refractivity contribution in [2.45, 2.75) is 29.0 Å². The largest absolute Gasteiger partial charge is 0.497 e. The Kier molecular flexibility index (Phi) is 9.62. The van der Waals surface area contributed by atoms with Crippen molar-refractivity contribution < 1.29 is 33.4 Å². The Labute approximate surface area is 298 Å². The number of hydrogen-bond acceptors (Lipinski definition) is 9. The number of fused-ring (bicyclic) bond motifs is 1. The maximum Gasteiger partial charge on any atom is 0.408 e. The lowest BCUT2D eigenvalue weighted by Gasteiger charge is -2.40. The fraction of sp³-hybridized carbons (Fsp3) is 0.237. The van der Waals surface area contributed by atoms with Crippen molar-refractivity contribution in [3.8, 4) is 5.75 Å². The first-order chi connectivity index (χ1) is 24.9. The zero-order valence-corrected chi connectivity index (χ0v) is 28.5. The zero-order chi connectivity index (χ0) is 35.4. The molecule has 0 radical (unpaired) electrons. The van der Waals surface area contributed by atoms with E-state index in [4.69, 9.17) is 14.2 Å². The van der Waals surface area contributed by atoms with Gasteiger partial charge >= 0.3 is 18.1 Å². The lowest BCUT2D eigenvalue weighted by Crippen LogP contribution is -2.67. The lowest BCUT2D eigenvalue weighted by molar-refractivity contribution is -0.157. The minimum absolute atomic E-state index is 0.0174. The summed E-state index contributed by atoms with van der Waals surface area (Å²) in [7, 11) is 1.56. The number of hydrazone groups is 1. The molecule has 260 valence electrons. The molecule has 4 aromatic carbocycles. The number of ether oxygens (including phenoxy) is 3. The molecule has 3 aliphatic rings. The van der Waals surface area contributed by atoms with Gasteiger partial charge in [0.1, 0.15) is 23.8 Å². The molecule has 51 heavy (non-hydrogen) atoms. The zero-order valence-electron chi connectivity index (χ0n) is 27.7. The Bertz CT molecular complexity index is 1880. The number of alkyl carbamates (subject to hydrolysis) is 1. The Morgan fingerprint density at radius 3 is 2.16 bits per heavy atom. The number of benzene rings is 4. The minimum Gasteiger partial charge on any atom is -0.497 e. The van der Waals surface area contributed by atoms with Gasteiger partial charge in [0.15, 0.2) is 6.10 Å². The van der Waals surface area contributed by atoms with E-state index in [0.717, 1.165) is 34.0 Å². The van der Waals surface area contributed by atoms with Gasteiger partial charge in [0.2, 0.25) is 10.8 Å². The number of β-lactam (4-membered cyclic amide) rings is 1. The predicted octanol–water partition coefficient (Wildman–Crippen LogP) is 5.01. The molecule has 3 aliphatic heterocycles. The van der Waals surface area contributed by atoms with E-state index in [1.165, 1.54) is 14.8 Å². The third kappa shape index (κ3) is 6.84. The monoisotopic (exact) mass is 705 g/mol. The summed E-state index contributed by atoms with van der Waals surface area (Å²) in [6.45, 7) is 0.232. The topological polar surface area (TPSA) is 130 Å². The fourth-order valence-corrected chi connectivity index (χ4v) is 7.94. The summed E-state index contributed by atoms with van der Waals surface area (Å²) in [5.74, 6) is -0.405. The molecule has 3 saturated heterocycles. The van der Waals surface area contributed by atoms with E-state index in [1.54, 1.807) is 37.6 Å². The van der Waals surface area contributed by atoms with Crippen molar-refractivity contribution in [3.63, 3.8) is 0 Å². The number of urea groups is 1. The number of rotatable bonds is 11. The highest BCUT2D eigenvalue weighted by Gasteiger charge is 2.67. The maximum absolute atomic E-state index is 14.6. The van der Waals surface area contributed by atoms with Crippen molar-refractivity contribution in [3.05, 3.63) is 138 Å². The summed E-state index contributed by atoms with van der Waals surface area (Å²) in [4.78, 5) is 56.3. The highest BCUT2D eigenvalue weighted by molar-refractivity contribution is 8.02. The minimum atomic E-state index is -1.63. The highest BCUT2D eigenvalue weighted by atomic mass is 32.2. The quantitative estimate of drug-likeness (QED) is 0.131. The summed E-state index contributed by atoms with van der Waals surface area (Å²) in [6.07, 6.45) is 0.0213. The number of carbonyl (C=O) groups excluding carboxylic acids is 4. The van der Waals surface area contributed by atoms with Gasteiger partial charge in [-0.3, -0.25) is 9.69 Å². The van der Waals surface area contributed by atoms with Gasteiger partial charge in [-0.25, -0.2) is 19.4 Å². The number of nitrogens with zero attached hydrogens (tertiary/aromatic N) is 4. The molecule has 0 saturated carbocycles. The maximum atomic E-state index is 14.6. The van der Waals surface area contributed by atoms with Crippen molar-refractivity contribution in [1.29, 1.82) is 0 Å². The van der Waals surface area contributed by atoms with Gasteiger partial charge < -0.3 is 24.4 Å². The SMILES string of the molecule is COc1ccc(COC(=O)N[C@@H]2C(=O)N3C[C@@](C(=O)OC(c4ccccc4)c4ccccc4)(N4CCN(N=Cc5ccccc5)C4=O)S[C@H]23)cc1. The number of amides is 4. The van der Waals surface area contributed by atoms with Gasteiger partial charge in [0.05, 0.1) is 26.4 Å². The fourth-order valence-electron chi connectivity index (χ4n) is 6.26. The van der Waals surface area contributed by atoms with Crippen molar-refractivity contribution in [2.75, 3.05) is 26.7 Å². The van der Waals surface area contributed by atoms with Crippen molar-refractivity contribution >= 4 is 42.0 Å². The standard InChI is InChI=1S/C38H35N5O7S/c1-48-30-19-17-27(18-20-30)24-49-36(46)40-31-33(44)41-25-38(51-34(31)41,42-21-22-43(37(42)47)39-23-26-11-5-2-6-12-26)35(45)50-32(28-13-7-3-8-14-28)29-15-9-4-10-16-29/h2-20,23,31-32,34H,21-22,24-25H2,1H3,(H,40,46)/t31-,34-,38-/m1/s1. The molecule has 4 aromatic rings. The molecule has 0 aliphatic carbocycles. The summed E-state index contributed by atoms with van der Waals surface area (Å²) in [5, 5.41) is 7.73. The van der Waals surface area contributed by atoms with E-state index in [9.17, 15) is 19.2 Å². The molecule has 4 amide bonds. The van der Waals surface area contributed by atoms with Crippen LogP contribution in [0.15, 0.2) is 120 Å². The number of nitrogens with one attached hydrogen (secondary N) is 1. The van der Waals surface area contributed by atoms with Gasteiger partial charge in [0.25, 0.3) is 0 Å². The van der Waals surface area contributed by atoms with Crippen molar-refractivity contribution in [1.82, 2.24) is 20.1 Å². The van der Waals surface area contributed by atoms with Crippen LogP contribution in [-0.4, -0.2) is 88.1 Å². The average Bonchev–Trinajstić information content (AvgIpc) is 3.74. The lowest BCUT2D eigenvalue weighted by atomic mass is 10.0. The van der Waals surface area contributed by atoms with E-state index in [1.807, 2.05) is 91.0 Å². The number of methoxy groups -OCH3 is 1. The average molecular weight is 706 g/mol. The molecule has 3 atom stereocenters. The van der Waals surface area contributed by atoms with Crippen LogP contribution in [0.5, 0.6) is 5.75 Å². The molecule has 3 heterocycles. The van der Waals surface area contributed by atoms with Crippen LogP contribution in [0.3, 0.4) is 0 Å². The number of hydrogen-bond donors (Lipinski definition) is 1. The van der Waals surface area contributed by atoms with Crippen LogP contribution in [0.4, 0.5) is 9.59 Å². The Morgan fingerprint density at radius 1 is 0.902 bits per heavy atom. The number of thioether (sulfide) groups is 1. The van der Waals surface area contributed by atoms with Crippen LogP contribution >= 0.6 is 11.8 Å². The van der Waals surface area contributed by atoms with Crippen LogP contribution in [0.1, 0.15) is 28.4 Å². The second-order valence-electron chi connectivity index (χ2n) is 12.1. The number of carbonyl (C=O) groups is 4. The highest BCUT2D eigenvalue weighted by Crippen LogP contribution is 2.51. The molecular weight excluding hydrogens is 671 g/mol. The summed E-state index contributed by atoms with van der Waals surface area (Å²) in [5.41, 5.74) is 3.04. The molecule has 0 spiro atoms. The molecule has 0 unspecified atom stereocenters. The molecule has 7 rings (SSSR count).